The van der Waals surface area contributed by atoms with Gasteiger partial charge in [0.15, 0.2) is 0 Å². The molecule has 0 aromatic carbocycles. The Morgan fingerprint density at radius 2 is 2.12 bits per heavy atom. The van der Waals surface area contributed by atoms with Crippen LogP contribution in [0.5, 0.6) is 0 Å². The monoisotopic (exact) mass is 341 g/mol. The minimum absolute atomic E-state index is 0.180. The average molecular weight is 341 g/mol. The molecular formula is C19H27N5O. The fourth-order valence-electron chi connectivity index (χ4n) is 3.30. The number of hydrogen-bond acceptors (Lipinski definition) is 4. The topological polar surface area (TPSA) is 54.3 Å². The summed E-state index contributed by atoms with van der Waals surface area (Å²) in [5, 5.41) is 4.34. The third-order valence-electron chi connectivity index (χ3n) is 4.82. The van der Waals surface area contributed by atoms with E-state index in [0.717, 1.165) is 51.4 Å². The van der Waals surface area contributed by atoms with Crippen molar-refractivity contribution in [2.75, 3.05) is 26.2 Å². The summed E-state index contributed by atoms with van der Waals surface area (Å²) in [6.07, 6.45) is 6.81. The van der Waals surface area contributed by atoms with Gasteiger partial charge in [-0.3, -0.25) is 19.4 Å². The molecule has 0 radical (unpaired) electrons. The smallest absolute Gasteiger partial charge is 0.231 e. The van der Waals surface area contributed by atoms with Gasteiger partial charge in [0.2, 0.25) is 5.91 Å². The first-order valence-electron chi connectivity index (χ1n) is 9.10. The summed E-state index contributed by atoms with van der Waals surface area (Å²) in [7, 11) is 0. The van der Waals surface area contributed by atoms with Crippen LogP contribution in [0.4, 0.5) is 0 Å². The van der Waals surface area contributed by atoms with Crippen molar-refractivity contribution >= 4 is 5.91 Å². The molecule has 1 unspecified atom stereocenters. The van der Waals surface area contributed by atoms with Crippen LogP contribution in [0, 0.1) is 0 Å². The highest BCUT2D eigenvalue weighted by Gasteiger charge is 2.25. The number of carbonyl (C=O) groups is 1. The van der Waals surface area contributed by atoms with Gasteiger partial charge in [0.05, 0.1) is 17.8 Å². The van der Waals surface area contributed by atoms with Crippen LogP contribution in [0.2, 0.25) is 0 Å². The SMILES string of the molecule is CCn1cc(CN2CCCN(C(=O)C(C)c3ccccn3)CC2)cn1. The zero-order valence-corrected chi connectivity index (χ0v) is 15.1. The van der Waals surface area contributed by atoms with Crippen LogP contribution < -0.4 is 0 Å². The molecule has 1 saturated heterocycles. The molecule has 0 aliphatic carbocycles. The van der Waals surface area contributed by atoms with Crippen LogP contribution in [0.3, 0.4) is 0 Å². The minimum Gasteiger partial charge on any atom is -0.341 e. The molecule has 0 spiro atoms. The Balaban J connectivity index is 1.56. The maximum atomic E-state index is 12.8. The van der Waals surface area contributed by atoms with Crippen molar-refractivity contribution in [2.24, 2.45) is 0 Å². The van der Waals surface area contributed by atoms with Gasteiger partial charge in [-0.05, 0) is 32.4 Å². The average Bonchev–Trinajstić information content (AvgIpc) is 2.98. The van der Waals surface area contributed by atoms with Crippen molar-refractivity contribution in [1.29, 1.82) is 0 Å². The summed E-state index contributed by atoms with van der Waals surface area (Å²) in [5.41, 5.74) is 2.09. The first-order chi connectivity index (χ1) is 12.2. The van der Waals surface area contributed by atoms with Crippen molar-refractivity contribution in [1.82, 2.24) is 24.6 Å². The molecule has 6 nitrogen and oxygen atoms in total. The van der Waals surface area contributed by atoms with Gasteiger partial charge in [0.1, 0.15) is 0 Å². The second kappa shape index (κ2) is 8.25. The van der Waals surface area contributed by atoms with Crippen molar-refractivity contribution in [3.05, 3.63) is 48.0 Å². The van der Waals surface area contributed by atoms with E-state index < -0.39 is 0 Å². The lowest BCUT2D eigenvalue weighted by atomic mass is 10.1. The molecule has 3 heterocycles. The maximum Gasteiger partial charge on any atom is 0.231 e. The normalized spacial score (nSPS) is 17.3. The van der Waals surface area contributed by atoms with Crippen molar-refractivity contribution in [3.8, 4) is 0 Å². The Morgan fingerprint density at radius 3 is 2.84 bits per heavy atom. The van der Waals surface area contributed by atoms with Crippen LogP contribution in [0.1, 0.15) is 37.4 Å². The number of aryl methyl sites for hydroxylation is 1. The standard InChI is InChI=1S/C19H27N5O/c1-3-24-15-17(13-21-24)14-22-9-6-10-23(12-11-22)19(25)16(2)18-7-4-5-8-20-18/h4-5,7-8,13,15-16H,3,6,9-12,14H2,1-2H3. The summed E-state index contributed by atoms with van der Waals surface area (Å²) in [5.74, 6) is -0.00473. The third-order valence-corrected chi connectivity index (χ3v) is 4.82. The molecule has 0 saturated carbocycles. The second-order valence-electron chi connectivity index (χ2n) is 6.64. The maximum absolute atomic E-state index is 12.8. The lowest BCUT2D eigenvalue weighted by molar-refractivity contribution is -0.132. The van der Waals surface area contributed by atoms with Crippen LogP contribution in [-0.4, -0.2) is 56.7 Å². The Kier molecular flexibility index (Phi) is 5.81. The summed E-state index contributed by atoms with van der Waals surface area (Å²) < 4.78 is 1.96. The second-order valence-corrected chi connectivity index (χ2v) is 6.64. The Bertz CT molecular complexity index is 684. The highest BCUT2D eigenvalue weighted by Crippen LogP contribution is 2.17. The van der Waals surface area contributed by atoms with Gasteiger partial charge in [0.25, 0.3) is 0 Å². The number of nitrogens with zero attached hydrogens (tertiary/aromatic N) is 5. The quantitative estimate of drug-likeness (QED) is 0.836. The number of carbonyl (C=O) groups excluding carboxylic acids is 1. The molecular weight excluding hydrogens is 314 g/mol. The Hall–Kier alpha value is -2.21. The van der Waals surface area contributed by atoms with Gasteiger partial charge in [-0.2, -0.15) is 5.10 Å². The third kappa shape index (κ3) is 4.45. The molecule has 1 amide bonds. The van der Waals surface area contributed by atoms with E-state index in [1.807, 2.05) is 40.9 Å². The molecule has 2 aromatic heterocycles. The van der Waals surface area contributed by atoms with Gasteiger partial charge >= 0.3 is 0 Å². The van der Waals surface area contributed by atoms with E-state index in [9.17, 15) is 4.79 Å². The predicted octanol–water partition coefficient (Wildman–Crippen LogP) is 2.14. The Morgan fingerprint density at radius 1 is 1.24 bits per heavy atom. The van der Waals surface area contributed by atoms with Gasteiger partial charge in [-0.1, -0.05) is 6.07 Å². The van der Waals surface area contributed by atoms with E-state index in [4.69, 9.17) is 0 Å². The van der Waals surface area contributed by atoms with Crippen molar-refractivity contribution < 1.29 is 4.79 Å². The van der Waals surface area contributed by atoms with E-state index in [1.165, 1.54) is 5.56 Å². The van der Waals surface area contributed by atoms with Crippen LogP contribution in [0.25, 0.3) is 0 Å². The molecule has 1 atom stereocenters. The van der Waals surface area contributed by atoms with Crippen molar-refractivity contribution in [3.63, 3.8) is 0 Å². The molecule has 1 aliphatic rings. The molecule has 0 bridgehead atoms. The zero-order chi connectivity index (χ0) is 17.6. The number of hydrogen-bond donors (Lipinski definition) is 0. The minimum atomic E-state index is -0.185. The lowest BCUT2D eigenvalue weighted by Gasteiger charge is -2.24. The van der Waals surface area contributed by atoms with E-state index >= 15 is 0 Å². The molecule has 1 fully saturated rings. The van der Waals surface area contributed by atoms with Crippen LogP contribution in [0.15, 0.2) is 36.8 Å². The zero-order valence-electron chi connectivity index (χ0n) is 15.1. The predicted molar refractivity (Wildman–Crippen MR) is 97.0 cm³/mol. The molecule has 3 rings (SSSR count). The largest absolute Gasteiger partial charge is 0.341 e. The molecule has 134 valence electrons. The van der Waals surface area contributed by atoms with Gasteiger partial charge < -0.3 is 4.90 Å². The van der Waals surface area contributed by atoms with E-state index in [0.29, 0.717) is 0 Å². The summed E-state index contributed by atoms with van der Waals surface area (Å²) in [6.45, 7) is 9.35. The fraction of sp³-hybridized carbons (Fsp3) is 0.526. The highest BCUT2D eigenvalue weighted by atomic mass is 16.2. The molecule has 0 N–H and O–H groups in total. The summed E-state index contributed by atoms with van der Waals surface area (Å²) in [6, 6.07) is 5.75. The number of aromatic nitrogens is 3. The Labute approximate surface area is 149 Å². The highest BCUT2D eigenvalue weighted by molar-refractivity contribution is 5.82. The molecule has 2 aromatic rings. The van der Waals surface area contributed by atoms with Crippen LogP contribution in [-0.2, 0) is 17.9 Å². The number of amides is 1. The van der Waals surface area contributed by atoms with E-state index in [-0.39, 0.29) is 11.8 Å². The van der Waals surface area contributed by atoms with Crippen molar-refractivity contribution in [2.45, 2.75) is 39.3 Å². The lowest BCUT2D eigenvalue weighted by Crippen LogP contribution is -2.37. The van der Waals surface area contributed by atoms with Gasteiger partial charge in [0, 0.05) is 57.2 Å². The first kappa shape index (κ1) is 17.6. The summed E-state index contributed by atoms with van der Waals surface area (Å²) >= 11 is 0. The van der Waals surface area contributed by atoms with E-state index in [2.05, 4.69) is 28.1 Å². The summed E-state index contributed by atoms with van der Waals surface area (Å²) in [4.78, 5) is 21.6. The fourth-order valence-corrected chi connectivity index (χ4v) is 3.30. The van der Waals surface area contributed by atoms with Crippen LogP contribution >= 0.6 is 0 Å². The van der Waals surface area contributed by atoms with E-state index in [1.54, 1.807) is 6.20 Å². The van der Waals surface area contributed by atoms with Gasteiger partial charge in [-0.25, -0.2) is 0 Å². The molecule has 6 heteroatoms. The number of pyridine rings is 1. The molecule has 1 aliphatic heterocycles. The molecule has 25 heavy (non-hydrogen) atoms. The first-order valence-corrected chi connectivity index (χ1v) is 9.10. The van der Waals surface area contributed by atoms with Gasteiger partial charge in [-0.15, -0.1) is 0 Å². The number of rotatable bonds is 5.